The van der Waals surface area contributed by atoms with Crippen molar-refractivity contribution in [2.24, 2.45) is 0 Å². The van der Waals surface area contributed by atoms with Crippen LogP contribution in [-0.2, 0) is 6.18 Å². The van der Waals surface area contributed by atoms with Gasteiger partial charge in [0.05, 0.1) is 30.8 Å². The highest BCUT2D eigenvalue weighted by Crippen LogP contribution is 2.33. The minimum absolute atomic E-state index is 0.0252. The van der Waals surface area contributed by atoms with Crippen LogP contribution in [0, 0.1) is 0 Å². The molecule has 0 unspecified atom stereocenters. The van der Waals surface area contributed by atoms with Crippen molar-refractivity contribution in [1.82, 2.24) is 24.3 Å². The molecule has 11 heteroatoms. The number of benzene rings is 1. The molecule has 4 aromatic rings. The summed E-state index contributed by atoms with van der Waals surface area (Å²) in [6.45, 7) is 1.30. The number of hydrogen-bond donors (Lipinski definition) is 0. The lowest BCUT2D eigenvalue weighted by Crippen LogP contribution is -2.12. The maximum absolute atomic E-state index is 13.0. The van der Waals surface area contributed by atoms with Crippen LogP contribution in [-0.4, -0.2) is 44.3 Å². The second-order valence-corrected chi connectivity index (χ2v) is 6.55. The van der Waals surface area contributed by atoms with E-state index in [4.69, 9.17) is 9.47 Å². The van der Waals surface area contributed by atoms with Crippen LogP contribution in [0.25, 0.3) is 22.7 Å². The maximum Gasteiger partial charge on any atom is 0.435 e. The van der Waals surface area contributed by atoms with E-state index in [0.29, 0.717) is 28.4 Å². The van der Waals surface area contributed by atoms with Crippen LogP contribution < -0.4 is 9.47 Å². The fourth-order valence-corrected chi connectivity index (χ4v) is 3.13. The number of carbonyl (C=O) groups excluding carboxylic acids is 1. The average molecular weight is 431 g/mol. The van der Waals surface area contributed by atoms with Gasteiger partial charge in [-0.15, -0.1) is 0 Å². The third kappa shape index (κ3) is 3.58. The molecular weight excluding hydrogens is 415 g/mol. The summed E-state index contributed by atoms with van der Waals surface area (Å²) in [6.07, 6.45) is -2.00. The summed E-state index contributed by atoms with van der Waals surface area (Å²) < 4.78 is 52.1. The van der Waals surface area contributed by atoms with Gasteiger partial charge in [-0.2, -0.15) is 18.3 Å². The molecule has 0 aliphatic heterocycles. The lowest BCUT2D eigenvalue weighted by Gasteiger charge is -2.11. The normalized spacial score (nSPS) is 11.7. The van der Waals surface area contributed by atoms with Crippen molar-refractivity contribution in [3.8, 4) is 23.1 Å². The summed E-state index contributed by atoms with van der Waals surface area (Å²) in [6, 6.07) is 7.28. The van der Waals surface area contributed by atoms with Crippen molar-refractivity contribution in [2.75, 3.05) is 14.2 Å². The number of pyridine rings is 1. The zero-order chi connectivity index (χ0) is 22.3. The minimum atomic E-state index is -4.62. The van der Waals surface area contributed by atoms with E-state index in [2.05, 4.69) is 15.1 Å². The van der Waals surface area contributed by atoms with Crippen molar-refractivity contribution in [3.05, 3.63) is 54.1 Å². The Morgan fingerprint density at radius 2 is 1.77 bits per heavy atom. The smallest absolute Gasteiger partial charge is 0.435 e. The molecule has 8 nitrogen and oxygen atoms in total. The topological polar surface area (TPSA) is 84.1 Å². The Kier molecular flexibility index (Phi) is 4.88. The molecule has 0 atom stereocenters. The highest BCUT2D eigenvalue weighted by atomic mass is 19.4. The maximum atomic E-state index is 13.0. The average Bonchev–Trinajstić information content (AvgIpc) is 3.39. The van der Waals surface area contributed by atoms with E-state index in [-0.39, 0.29) is 17.2 Å². The molecule has 3 heterocycles. The largest absolute Gasteiger partial charge is 0.493 e. The molecule has 0 saturated carbocycles. The van der Waals surface area contributed by atoms with Gasteiger partial charge < -0.3 is 9.47 Å². The standard InChI is InChI=1S/C20H16F3N5O3/c1-11(29)12-4-5-18(25-19(12)28-7-6-17(26-28)20(21,22)23)27-10-24-13-8-15(30-2)16(31-3)9-14(13)27/h4-10H,1-3H3. The number of halogens is 3. The number of imidazole rings is 1. The van der Waals surface area contributed by atoms with Crippen molar-refractivity contribution in [1.29, 1.82) is 0 Å². The molecule has 0 saturated heterocycles. The predicted molar refractivity (Wildman–Crippen MR) is 104 cm³/mol. The van der Waals surface area contributed by atoms with Crippen LogP contribution in [0.4, 0.5) is 13.2 Å². The Morgan fingerprint density at radius 3 is 2.39 bits per heavy atom. The monoisotopic (exact) mass is 431 g/mol. The van der Waals surface area contributed by atoms with Crippen molar-refractivity contribution in [3.63, 3.8) is 0 Å². The summed E-state index contributed by atoms with van der Waals surface area (Å²) in [7, 11) is 3.01. The first-order chi connectivity index (χ1) is 14.7. The molecule has 4 rings (SSSR count). The molecule has 0 aliphatic carbocycles. The fraction of sp³-hybridized carbons (Fsp3) is 0.200. The quantitative estimate of drug-likeness (QED) is 0.447. The second-order valence-electron chi connectivity index (χ2n) is 6.55. The van der Waals surface area contributed by atoms with Gasteiger partial charge >= 0.3 is 6.18 Å². The fourth-order valence-electron chi connectivity index (χ4n) is 3.13. The Balaban J connectivity index is 1.88. The molecule has 0 radical (unpaired) electrons. The van der Waals surface area contributed by atoms with Crippen LogP contribution in [0.3, 0.4) is 0 Å². The molecular formula is C20H16F3N5O3. The number of ether oxygens (including phenoxy) is 2. The molecule has 0 fully saturated rings. The van der Waals surface area contributed by atoms with E-state index < -0.39 is 11.9 Å². The molecule has 31 heavy (non-hydrogen) atoms. The third-order valence-electron chi connectivity index (χ3n) is 4.64. The SMILES string of the molecule is COc1cc2ncn(-c3ccc(C(C)=O)c(-n4ccc(C(F)(F)F)n4)n3)c2cc1OC. The van der Waals surface area contributed by atoms with Crippen molar-refractivity contribution < 1.29 is 27.4 Å². The zero-order valence-corrected chi connectivity index (χ0v) is 16.6. The molecule has 0 amide bonds. The van der Waals surface area contributed by atoms with Crippen LogP contribution in [0.5, 0.6) is 11.5 Å². The van der Waals surface area contributed by atoms with Gasteiger partial charge in [0, 0.05) is 18.3 Å². The van der Waals surface area contributed by atoms with Crippen LogP contribution in [0.1, 0.15) is 23.0 Å². The molecule has 160 valence electrons. The van der Waals surface area contributed by atoms with Gasteiger partial charge in [0.1, 0.15) is 12.1 Å². The molecule has 0 bridgehead atoms. The van der Waals surface area contributed by atoms with E-state index in [1.807, 2.05) is 0 Å². The zero-order valence-electron chi connectivity index (χ0n) is 16.6. The van der Waals surface area contributed by atoms with Gasteiger partial charge in [0.2, 0.25) is 0 Å². The highest BCUT2D eigenvalue weighted by molar-refractivity contribution is 5.97. The summed E-state index contributed by atoms with van der Waals surface area (Å²) in [5.41, 5.74) is 0.265. The molecule has 3 aromatic heterocycles. The number of ketones is 1. The number of methoxy groups -OCH3 is 2. The number of hydrogen-bond acceptors (Lipinski definition) is 6. The van der Waals surface area contributed by atoms with E-state index >= 15 is 0 Å². The Labute approximate surface area is 173 Å². The van der Waals surface area contributed by atoms with Gasteiger partial charge in [-0.3, -0.25) is 9.36 Å². The Hall–Kier alpha value is -3.89. The first-order valence-electron chi connectivity index (χ1n) is 8.97. The summed E-state index contributed by atoms with van der Waals surface area (Å²) in [5, 5.41) is 3.55. The first kappa shape index (κ1) is 20.4. The van der Waals surface area contributed by atoms with E-state index in [9.17, 15) is 18.0 Å². The van der Waals surface area contributed by atoms with Crippen LogP contribution >= 0.6 is 0 Å². The van der Waals surface area contributed by atoms with Gasteiger partial charge in [0.15, 0.2) is 28.8 Å². The minimum Gasteiger partial charge on any atom is -0.493 e. The third-order valence-corrected chi connectivity index (χ3v) is 4.64. The van der Waals surface area contributed by atoms with Crippen molar-refractivity contribution >= 4 is 16.8 Å². The number of nitrogens with zero attached hydrogens (tertiary/aromatic N) is 5. The van der Waals surface area contributed by atoms with Crippen LogP contribution in [0.2, 0.25) is 0 Å². The lowest BCUT2D eigenvalue weighted by molar-refractivity contribution is -0.141. The van der Waals surface area contributed by atoms with Gasteiger partial charge in [0.25, 0.3) is 0 Å². The van der Waals surface area contributed by atoms with Crippen molar-refractivity contribution in [2.45, 2.75) is 13.1 Å². The molecule has 0 aliphatic rings. The van der Waals surface area contributed by atoms with E-state index in [1.54, 1.807) is 22.8 Å². The summed E-state index contributed by atoms with van der Waals surface area (Å²) >= 11 is 0. The number of aromatic nitrogens is 5. The lowest BCUT2D eigenvalue weighted by atomic mass is 10.2. The number of rotatable bonds is 5. The Bertz CT molecular complexity index is 1290. The first-order valence-corrected chi connectivity index (χ1v) is 8.97. The molecule has 0 N–H and O–H groups in total. The second kappa shape index (κ2) is 7.42. The number of alkyl halides is 3. The number of carbonyl (C=O) groups is 1. The van der Waals surface area contributed by atoms with Gasteiger partial charge in [-0.05, 0) is 25.1 Å². The predicted octanol–water partition coefficient (Wildman–Crippen LogP) is 3.84. The summed E-state index contributed by atoms with van der Waals surface area (Å²) in [5.74, 6) is 0.915. The van der Waals surface area contributed by atoms with E-state index in [0.717, 1.165) is 16.9 Å². The molecule has 1 aromatic carbocycles. The molecule has 0 spiro atoms. The van der Waals surface area contributed by atoms with E-state index in [1.165, 1.54) is 33.5 Å². The number of fused-ring (bicyclic) bond motifs is 1. The van der Waals surface area contributed by atoms with Crippen LogP contribution in [0.15, 0.2) is 42.9 Å². The highest BCUT2D eigenvalue weighted by Gasteiger charge is 2.34. The Morgan fingerprint density at radius 1 is 1.06 bits per heavy atom. The van der Waals surface area contributed by atoms with Gasteiger partial charge in [-0.25, -0.2) is 14.6 Å². The number of Topliss-reactive ketones (excluding diaryl/α,β-unsaturated/α-hetero) is 1. The summed E-state index contributed by atoms with van der Waals surface area (Å²) in [4.78, 5) is 20.8. The van der Waals surface area contributed by atoms with Gasteiger partial charge in [-0.1, -0.05) is 0 Å².